The second-order valence-corrected chi connectivity index (χ2v) is 6.08. The van der Waals surface area contributed by atoms with Gasteiger partial charge in [0.15, 0.2) is 0 Å². The van der Waals surface area contributed by atoms with Crippen LogP contribution < -0.4 is 9.47 Å². The van der Waals surface area contributed by atoms with E-state index < -0.39 is 0 Å². The first kappa shape index (κ1) is 21.7. The van der Waals surface area contributed by atoms with Gasteiger partial charge in [0, 0.05) is 5.38 Å². The molecule has 0 unspecified atom stereocenters. The summed E-state index contributed by atoms with van der Waals surface area (Å²) in [5.41, 5.74) is 2.85. The SMILES string of the molecule is C/C=C/COc1cc(C)c(OCc2nc(/C=N\OC)cs2)c(C)c1.CC. The molecule has 1 heterocycles. The van der Waals surface area contributed by atoms with Crippen molar-refractivity contribution in [3.8, 4) is 11.5 Å². The van der Waals surface area contributed by atoms with Gasteiger partial charge in [-0.3, -0.25) is 0 Å². The summed E-state index contributed by atoms with van der Waals surface area (Å²) in [5, 5.41) is 6.51. The zero-order chi connectivity index (χ0) is 19.4. The summed E-state index contributed by atoms with van der Waals surface area (Å²) in [5.74, 6) is 1.72. The number of rotatable bonds is 8. The molecule has 0 radical (unpaired) electrons. The summed E-state index contributed by atoms with van der Waals surface area (Å²) in [6, 6.07) is 3.98. The van der Waals surface area contributed by atoms with Gasteiger partial charge in [0.05, 0.1) is 11.9 Å². The van der Waals surface area contributed by atoms with Crippen LogP contribution in [0.3, 0.4) is 0 Å². The third-order valence-corrected chi connectivity index (χ3v) is 4.06. The lowest BCUT2D eigenvalue weighted by Crippen LogP contribution is -2.01. The smallest absolute Gasteiger partial charge is 0.140 e. The van der Waals surface area contributed by atoms with Gasteiger partial charge in [-0.25, -0.2) is 4.98 Å². The van der Waals surface area contributed by atoms with Crippen molar-refractivity contribution in [2.24, 2.45) is 5.16 Å². The van der Waals surface area contributed by atoms with Gasteiger partial charge in [-0.2, -0.15) is 0 Å². The molecule has 0 atom stereocenters. The maximum absolute atomic E-state index is 5.95. The van der Waals surface area contributed by atoms with Crippen LogP contribution in [0, 0.1) is 13.8 Å². The summed E-state index contributed by atoms with van der Waals surface area (Å²) >= 11 is 1.53. The molecule has 0 N–H and O–H groups in total. The van der Waals surface area contributed by atoms with Crippen LogP contribution in [-0.2, 0) is 11.4 Å². The Bertz CT molecular complexity index is 701. The average molecular weight is 377 g/mol. The Hall–Kier alpha value is -2.34. The number of nitrogens with zero attached hydrogens (tertiary/aromatic N) is 2. The molecule has 0 aliphatic heterocycles. The summed E-state index contributed by atoms with van der Waals surface area (Å²) in [4.78, 5) is 9.07. The second-order valence-electron chi connectivity index (χ2n) is 5.14. The monoisotopic (exact) mass is 376 g/mol. The van der Waals surface area contributed by atoms with Gasteiger partial charge in [0.25, 0.3) is 0 Å². The summed E-state index contributed by atoms with van der Waals surface area (Å²) in [7, 11) is 1.50. The quantitative estimate of drug-likeness (QED) is 0.356. The molecule has 5 nitrogen and oxygen atoms in total. The normalized spacial score (nSPS) is 10.7. The molecule has 26 heavy (non-hydrogen) atoms. The van der Waals surface area contributed by atoms with E-state index in [1.165, 1.54) is 18.4 Å². The third-order valence-electron chi connectivity index (χ3n) is 3.22. The van der Waals surface area contributed by atoms with Gasteiger partial charge in [-0.15, -0.1) is 11.3 Å². The number of allylic oxidation sites excluding steroid dienone is 1. The van der Waals surface area contributed by atoms with E-state index in [0.717, 1.165) is 33.3 Å². The van der Waals surface area contributed by atoms with Crippen molar-refractivity contribution in [3.63, 3.8) is 0 Å². The van der Waals surface area contributed by atoms with E-state index in [1.807, 2.05) is 64.3 Å². The van der Waals surface area contributed by atoms with E-state index in [9.17, 15) is 0 Å². The van der Waals surface area contributed by atoms with Crippen LogP contribution in [0.5, 0.6) is 11.5 Å². The molecule has 0 fully saturated rings. The first-order valence-electron chi connectivity index (χ1n) is 8.63. The second kappa shape index (κ2) is 12.1. The van der Waals surface area contributed by atoms with Gasteiger partial charge in [-0.1, -0.05) is 31.2 Å². The van der Waals surface area contributed by atoms with Crippen molar-refractivity contribution in [2.45, 2.75) is 41.2 Å². The highest BCUT2D eigenvalue weighted by atomic mass is 32.1. The lowest BCUT2D eigenvalue weighted by atomic mass is 10.1. The Balaban J connectivity index is 0.00000163. The van der Waals surface area contributed by atoms with Crippen LogP contribution in [0.1, 0.15) is 42.6 Å². The van der Waals surface area contributed by atoms with Gasteiger partial charge in [0.1, 0.15) is 36.8 Å². The minimum atomic E-state index is 0.423. The van der Waals surface area contributed by atoms with Crippen LogP contribution in [0.4, 0.5) is 0 Å². The number of aromatic nitrogens is 1. The molecule has 0 bridgehead atoms. The molecule has 0 amide bonds. The number of aryl methyl sites for hydroxylation is 2. The molecule has 0 aliphatic carbocycles. The molecule has 1 aromatic carbocycles. The molecular formula is C20H28N2O3S. The van der Waals surface area contributed by atoms with Crippen molar-refractivity contribution in [2.75, 3.05) is 13.7 Å². The minimum Gasteiger partial charge on any atom is -0.490 e. The topological polar surface area (TPSA) is 52.9 Å². The lowest BCUT2D eigenvalue weighted by Gasteiger charge is -2.13. The molecule has 6 heteroatoms. The van der Waals surface area contributed by atoms with Gasteiger partial charge < -0.3 is 14.3 Å². The van der Waals surface area contributed by atoms with Crippen molar-refractivity contribution in [3.05, 3.63) is 51.5 Å². The molecule has 1 aromatic heterocycles. The number of oxime groups is 1. The van der Waals surface area contributed by atoms with E-state index in [0.29, 0.717) is 13.2 Å². The van der Waals surface area contributed by atoms with Crippen LogP contribution in [-0.4, -0.2) is 24.9 Å². The summed E-state index contributed by atoms with van der Waals surface area (Å²) in [6.07, 6.45) is 5.52. The first-order chi connectivity index (χ1) is 12.6. The largest absolute Gasteiger partial charge is 0.490 e. The van der Waals surface area contributed by atoms with Crippen molar-refractivity contribution >= 4 is 17.6 Å². The molecular weight excluding hydrogens is 348 g/mol. The molecule has 2 rings (SSSR count). The van der Waals surface area contributed by atoms with E-state index in [-0.39, 0.29) is 0 Å². The van der Waals surface area contributed by atoms with Crippen LogP contribution in [0.25, 0.3) is 0 Å². The van der Waals surface area contributed by atoms with E-state index in [4.69, 9.17) is 9.47 Å². The van der Waals surface area contributed by atoms with Crippen LogP contribution >= 0.6 is 11.3 Å². The maximum atomic E-state index is 5.95. The Morgan fingerprint density at radius 2 is 1.85 bits per heavy atom. The minimum absolute atomic E-state index is 0.423. The fraction of sp³-hybridized carbons (Fsp3) is 0.400. The standard InChI is InChI=1S/C18H22N2O3S.C2H6/c1-5-6-7-22-16-8-13(2)18(14(3)9-16)23-11-17-20-15(12-24-17)10-19-21-4;1-2/h5-6,8-10,12H,7,11H2,1-4H3;1-2H3/b6-5+,19-10-;. The van der Waals surface area contributed by atoms with Gasteiger partial charge >= 0.3 is 0 Å². The van der Waals surface area contributed by atoms with Crippen molar-refractivity contribution in [1.82, 2.24) is 4.98 Å². The molecule has 0 saturated heterocycles. The number of thiazole rings is 1. The van der Waals surface area contributed by atoms with Crippen LogP contribution in [0.15, 0.2) is 34.8 Å². The number of benzene rings is 1. The Morgan fingerprint density at radius 1 is 1.15 bits per heavy atom. The molecule has 0 saturated carbocycles. The molecule has 2 aromatic rings. The average Bonchev–Trinajstić information content (AvgIpc) is 3.09. The number of hydrogen-bond acceptors (Lipinski definition) is 6. The summed E-state index contributed by atoms with van der Waals surface area (Å²) < 4.78 is 11.6. The molecule has 142 valence electrons. The highest BCUT2D eigenvalue weighted by Crippen LogP contribution is 2.29. The Labute approximate surface area is 160 Å². The van der Waals surface area contributed by atoms with E-state index >= 15 is 0 Å². The van der Waals surface area contributed by atoms with Crippen LogP contribution in [0.2, 0.25) is 0 Å². The lowest BCUT2D eigenvalue weighted by molar-refractivity contribution is 0.215. The zero-order valence-corrected chi connectivity index (χ0v) is 17.2. The fourth-order valence-electron chi connectivity index (χ4n) is 2.15. The van der Waals surface area contributed by atoms with Crippen molar-refractivity contribution < 1.29 is 14.3 Å². The fourth-order valence-corrected chi connectivity index (χ4v) is 2.81. The predicted octanol–water partition coefficient (Wildman–Crippen LogP) is 5.30. The highest BCUT2D eigenvalue weighted by molar-refractivity contribution is 7.09. The molecule has 0 spiro atoms. The third kappa shape index (κ3) is 6.88. The zero-order valence-electron chi connectivity index (χ0n) is 16.4. The van der Waals surface area contributed by atoms with Gasteiger partial charge in [0.2, 0.25) is 0 Å². The summed E-state index contributed by atoms with van der Waals surface area (Å²) in [6.45, 7) is 11.0. The van der Waals surface area contributed by atoms with Crippen molar-refractivity contribution in [1.29, 1.82) is 0 Å². The van der Waals surface area contributed by atoms with Gasteiger partial charge in [-0.05, 0) is 44.0 Å². The Kier molecular flexibility index (Phi) is 10.1. The Morgan fingerprint density at radius 3 is 2.46 bits per heavy atom. The predicted molar refractivity (Wildman–Crippen MR) is 109 cm³/mol. The molecule has 0 aliphatic rings. The maximum Gasteiger partial charge on any atom is 0.140 e. The number of hydrogen-bond donors (Lipinski definition) is 0. The first-order valence-corrected chi connectivity index (χ1v) is 9.51. The van der Waals surface area contributed by atoms with E-state index in [2.05, 4.69) is 15.0 Å². The highest BCUT2D eigenvalue weighted by Gasteiger charge is 2.09. The van der Waals surface area contributed by atoms with E-state index in [1.54, 1.807) is 6.21 Å². The number of ether oxygens (including phenoxy) is 2.